The summed E-state index contributed by atoms with van der Waals surface area (Å²) >= 11 is 0. The molecule has 76 valence electrons. The molecule has 2 N–H and O–H groups in total. The van der Waals surface area contributed by atoms with Crippen LogP contribution in [0.4, 0.5) is 0 Å². The van der Waals surface area contributed by atoms with Gasteiger partial charge >= 0.3 is 0 Å². The summed E-state index contributed by atoms with van der Waals surface area (Å²) in [6.07, 6.45) is 1.01. The molecule has 0 fully saturated rings. The molecule has 2 rings (SSSR count). The summed E-state index contributed by atoms with van der Waals surface area (Å²) in [4.78, 5) is 0. The van der Waals surface area contributed by atoms with Crippen molar-refractivity contribution in [3.8, 4) is 0 Å². The molecule has 1 aromatic carbocycles. The van der Waals surface area contributed by atoms with Gasteiger partial charge in [0.05, 0.1) is 13.2 Å². The zero-order valence-corrected chi connectivity index (χ0v) is 8.84. The quantitative estimate of drug-likeness (QED) is 0.736. The maximum Gasteiger partial charge on any atom is 0.0723 e. The minimum atomic E-state index is -0.272. The Kier molecular flexibility index (Phi) is 2.33. The number of ether oxygens (including phenoxy) is 1. The number of rotatable bonds is 1. The third-order valence-corrected chi connectivity index (χ3v) is 2.73. The summed E-state index contributed by atoms with van der Waals surface area (Å²) < 4.78 is 5.48. The van der Waals surface area contributed by atoms with Crippen molar-refractivity contribution in [2.45, 2.75) is 32.4 Å². The first kappa shape index (κ1) is 9.69. The Labute approximate surface area is 85.1 Å². The number of fused-ring (bicyclic) bond motifs is 1. The highest BCUT2D eigenvalue weighted by atomic mass is 16.5. The molecule has 1 aliphatic heterocycles. The Morgan fingerprint density at radius 2 is 2.14 bits per heavy atom. The highest BCUT2D eigenvalue weighted by Gasteiger charge is 2.21. The average Bonchev–Trinajstić information content (AvgIpc) is 2.15. The molecule has 0 aromatic heterocycles. The smallest absolute Gasteiger partial charge is 0.0723 e. The first-order valence-electron chi connectivity index (χ1n) is 5.07. The lowest BCUT2D eigenvalue weighted by Gasteiger charge is -2.27. The standard InChI is InChI=1S/C12H17NO/c1-12(2,13)11-5-3-4-9-6-7-14-8-10(9)11/h3-5H,6-8,13H2,1-2H3. The van der Waals surface area contributed by atoms with E-state index in [1.54, 1.807) is 0 Å². The Hall–Kier alpha value is -0.860. The van der Waals surface area contributed by atoms with Crippen molar-refractivity contribution < 1.29 is 4.74 Å². The lowest BCUT2D eigenvalue weighted by atomic mass is 9.87. The van der Waals surface area contributed by atoms with Gasteiger partial charge in [-0.3, -0.25) is 0 Å². The number of hydrogen-bond acceptors (Lipinski definition) is 2. The SMILES string of the molecule is CC(C)(N)c1cccc2c1COCC2. The van der Waals surface area contributed by atoms with E-state index in [9.17, 15) is 0 Å². The second-order valence-electron chi connectivity index (χ2n) is 4.47. The van der Waals surface area contributed by atoms with E-state index in [1.807, 2.05) is 13.8 Å². The molecule has 2 heteroatoms. The number of nitrogens with two attached hydrogens (primary N) is 1. The lowest BCUT2D eigenvalue weighted by molar-refractivity contribution is 0.109. The fourth-order valence-corrected chi connectivity index (χ4v) is 2.00. The molecule has 0 atom stereocenters. The molecule has 0 amide bonds. The van der Waals surface area contributed by atoms with Crippen LogP contribution in [0.3, 0.4) is 0 Å². The Bertz CT molecular complexity index is 339. The van der Waals surface area contributed by atoms with Gasteiger partial charge in [0.2, 0.25) is 0 Å². The van der Waals surface area contributed by atoms with E-state index in [2.05, 4.69) is 18.2 Å². The van der Waals surface area contributed by atoms with Crippen LogP contribution in [0.1, 0.15) is 30.5 Å². The van der Waals surface area contributed by atoms with Gasteiger partial charge in [0, 0.05) is 5.54 Å². The molecule has 0 spiro atoms. The van der Waals surface area contributed by atoms with E-state index in [-0.39, 0.29) is 5.54 Å². The van der Waals surface area contributed by atoms with Crippen molar-refractivity contribution in [1.29, 1.82) is 0 Å². The number of hydrogen-bond donors (Lipinski definition) is 1. The van der Waals surface area contributed by atoms with Crippen LogP contribution in [0.5, 0.6) is 0 Å². The first-order valence-corrected chi connectivity index (χ1v) is 5.07. The second kappa shape index (κ2) is 3.37. The fourth-order valence-electron chi connectivity index (χ4n) is 2.00. The van der Waals surface area contributed by atoms with Gasteiger partial charge in [0.1, 0.15) is 0 Å². The monoisotopic (exact) mass is 191 g/mol. The summed E-state index contributed by atoms with van der Waals surface area (Å²) in [5.41, 5.74) is 9.76. The summed E-state index contributed by atoms with van der Waals surface area (Å²) in [7, 11) is 0. The first-order chi connectivity index (χ1) is 6.59. The van der Waals surface area contributed by atoms with Crippen LogP contribution in [0.2, 0.25) is 0 Å². The van der Waals surface area contributed by atoms with Gasteiger partial charge in [-0.25, -0.2) is 0 Å². The Balaban J connectivity index is 2.51. The number of benzene rings is 1. The van der Waals surface area contributed by atoms with Crippen LogP contribution in [-0.4, -0.2) is 6.61 Å². The van der Waals surface area contributed by atoms with Crippen molar-refractivity contribution in [2.75, 3.05) is 6.61 Å². The largest absolute Gasteiger partial charge is 0.376 e. The summed E-state index contributed by atoms with van der Waals surface area (Å²) in [6.45, 7) is 5.63. The molecule has 0 bridgehead atoms. The highest BCUT2D eigenvalue weighted by Crippen LogP contribution is 2.27. The molecule has 1 aliphatic rings. The molecule has 14 heavy (non-hydrogen) atoms. The van der Waals surface area contributed by atoms with E-state index in [4.69, 9.17) is 10.5 Å². The van der Waals surface area contributed by atoms with Crippen molar-refractivity contribution in [1.82, 2.24) is 0 Å². The van der Waals surface area contributed by atoms with Crippen LogP contribution < -0.4 is 5.73 Å². The van der Waals surface area contributed by atoms with E-state index in [1.165, 1.54) is 16.7 Å². The molecule has 0 unspecified atom stereocenters. The maximum atomic E-state index is 6.13. The lowest BCUT2D eigenvalue weighted by Crippen LogP contribution is -2.31. The van der Waals surface area contributed by atoms with Gasteiger partial charge in [-0.1, -0.05) is 18.2 Å². The molecule has 1 heterocycles. The van der Waals surface area contributed by atoms with Gasteiger partial charge in [-0.2, -0.15) is 0 Å². The van der Waals surface area contributed by atoms with E-state index >= 15 is 0 Å². The van der Waals surface area contributed by atoms with Crippen molar-refractivity contribution >= 4 is 0 Å². The second-order valence-corrected chi connectivity index (χ2v) is 4.47. The minimum absolute atomic E-state index is 0.272. The van der Waals surface area contributed by atoms with Gasteiger partial charge in [0.15, 0.2) is 0 Å². The van der Waals surface area contributed by atoms with Crippen LogP contribution in [-0.2, 0) is 23.3 Å². The van der Waals surface area contributed by atoms with Gasteiger partial charge in [0.25, 0.3) is 0 Å². The average molecular weight is 191 g/mol. The minimum Gasteiger partial charge on any atom is -0.376 e. The normalized spacial score (nSPS) is 16.5. The zero-order valence-electron chi connectivity index (χ0n) is 8.84. The Morgan fingerprint density at radius 1 is 1.36 bits per heavy atom. The van der Waals surface area contributed by atoms with Gasteiger partial charge in [-0.15, -0.1) is 0 Å². The van der Waals surface area contributed by atoms with Crippen LogP contribution in [0.25, 0.3) is 0 Å². The molecule has 0 radical (unpaired) electrons. The van der Waals surface area contributed by atoms with Crippen molar-refractivity contribution in [3.05, 3.63) is 34.9 Å². The van der Waals surface area contributed by atoms with Crippen molar-refractivity contribution in [3.63, 3.8) is 0 Å². The molecule has 0 aliphatic carbocycles. The molecular weight excluding hydrogens is 174 g/mol. The molecule has 1 aromatic rings. The highest BCUT2D eigenvalue weighted by molar-refractivity contribution is 5.39. The van der Waals surface area contributed by atoms with Crippen LogP contribution in [0.15, 0.2) is 18.2 Å². The summed E-state index contributed by atoms with van der Waals surface area (Å²) in [5.74, 6) is 0. The van der Waals surface area contributed by atoms with Crippen molar-refractivity contribution in [2.24, 2.45) is 5.73 Å². The summed E-state index contributed by atoms with van der Waals surface area (Å²) in [5, 5.41) is 0. The predicted octanol–water partition coefficient (Wildman–Crippen LogP) is 1.95. The molecule has 2 nitrogen and oxygen atoms in total. The molecule has 0 saturated carbocycles. The fraction of sp³-hybridized carbons (Fsp3) is 0.500. The van der Waals surface area contributed by atoms with Crippen LogP contribution in [0, 0.1) is 0 Å². The van der Waals surface area contributed by atoms with E-state index in [0.29, 0.717) is 6.61 Å². The van der Waals surface area contributed by atoms with Gasteiger partial charge < -0.3 is 10.5 Å². The topological polar surface area (TPSA) is 35.2 Å². The van der Waals surface area contributed by atoms with E-state index < -0.39 is 0 Å². The summed E-state index contributed by atoms with van der Waals surface area (Å²) in [6, 6.07) is 6.37. The Morgan fingerprint density at radius 3 is 2.86 bits per heavy atom. The third-order valence-electron chi connectivity index (χ3n) is 2.73. The zero-order chi connectivity index (χ0) is 10.2. The predicted molar refractivity (Wildman–Crippen MR) is 57.0 cm³/mol. The molecular formula is C12H17NO. The third kappa shape index (κ3) is 1.68. The maximum absolute atomic E-state index is 6.13. The van der Waals surface area contributed by atoms with Gasteiger partial charge in [-0.05, 0) is 37.0 Å². The van der Waals surface area contributed by atoms with Crippen LogP contribution >= 0.6 is 0 Å². The van der Waals surface area contributed by atoms with E-state index in [0.717, 1.165) is 13.0 Å². The molecule has 0 saturated heterocycles.